The Bertz CT molecular complexity index is 898. The summed E-state index contributed by atoms with van der Waals surface area (Å²) in [6, 6.07) is 8.17. The van der Waals surface area contributed by atoms with E-state index in [1.165, 1.54) is 0 Å². The number of benzene rings is 1. The fourth-order valence-corrected chi connectivity index (χ4v) is 3.33. The predicted octanol–water partition coefficient (Wildman–Crippen LogP) is 1.54. The Morgan fingerprint density at radius 3 is 2.78 bits per heavy atom. The first-order chi connectivity index (χ1) is 13.0. The minimum atomic E-state index is -1.23. The van der Waals surface area contributed by atoms with Gasteiger partial charge in [-0.15, -0.1) is 10.2 Å². The van der Waals surface area contributed by atoms with Crippen LogP contribution in [0.4, 0.5) is 4.79 Å². The molecule has 1 atom stereocenters. The lowest BCUT2D eigenvalue weighted by molar-refractivity contribution is -0.138. The van der Waals surface area contributed by atoms with Gasteiger partial charge in [0.25, 0.3) is 11.1 Å². The van der Waals surface area contributed by atoms with Gasteiger partial charge in [0.05, 0.1) is 5.75 Å². The number of carbonyl (C=O) groups is 3. The third-order valence-corrected chi connectivity index (χ3v) is 5.27. The summed E-state index contributed by atoms with van der Waals surface area (Å²) in [6.07, 6.45) is 2.08. The average molecular weight is 387 g/mol. The van der Waals surface area contributed by atoms with Gasteiger partial charge in [0, 0.05) is 5.92 Å². The second-order valence-corrected chi connectivity index (χ2v) is 7.49. The van der Waals surface area contributed by atoms with Crippen LogP contribution in [0.15, 0.2) is 40.0 Å². The van der Waals surface area contributed by atoms with Gasteiger partial charge in [-0.3, -0.25) is 15.0 Å². The Hall–Kier alpha value is -2.88. The van der Waals surface area contributed by atoms with E-state index in [0.717, 1.165) is 24.6 Å². The van der Waals surface area contributed by atoms with E-state index < -0.39 is 23.4 Å². The number of hydrogen-bond donors (Lipinski definition) is 2. The van der Waals surface area contributed by atoms with Gasteiger partial charge in [-0.05, 0) is 25.3 Å². The van der Waals surface area contributed by atoms with E-state index >= 15 is 0 Å². The predicted molar refractivity (Wildman–Crippen MR) is 94.3 cm³/mol. The van der Waals surface area contributed by atoms with Crippen molar-refractivity contribution in [3.8, 4) is 0 Å². The number of rotatable bonds is 6. The number of imide groups is 1. The minimum absolute atomic E-state index is 0.0641. The topological polar surface area (TPSA) is 117 Å². The number of aromatic nitrogens is 2. The molecule has 1 aromatic heterocycles. The summed E-state index contributed by atoms with van der Waals surface area (Å²) in [5, 5.41) is 11.4. The summed E-state index contributed by atoms with van der Waals surface area (Å²) >= 11 is 1.05. The van der Waals surface area contributed by atoms with Crippen molar-refractivity contribution in [2.75, 3.05) is 5.75 Å². The molecule has 2 N–H and O–H groups in total. The summed E-state index contributed by atoms with van der Waals surface area (Å²) in [5.41, 5.74) is 1.74. The van der Waals surface area contributed by atoms with Gasteiger partial charge in [-0.1, -0.05) is 42.1 Å². The molecular formula is C17H17N5O4S. The molecule has 0 spiro atoms. The zero-order chi connectivity index (χ0) is 19.0. The molecule has 2 aromatic rings. The second-order valence-electron chi connectivity index (χ2n) is 6.57. The summed E-state index contributed by atoms with van der Waals surface area (Å²) in [7, 11) is 0. The lowest BCUT2D eigenvalue weighted by Gasteiger charge is -2.22. The molecule has 2 heterocycles. The first kappa shape index (κ1) is 17.5. The molecule has 1 aliphatic heterocycles. The van der Waals surface area contributed by atoms with Crippen LogP contribution in [-0.4, -0.2) is 38.8 Å². The van der Waals surface area contributed by atoms with Gasteiger partial charge < -0.3 is 9.73 Å². The molecule has 140 valence electrons. The van der Waals surface area contributed by atoms with Crippen LogP contribution >= 0.6 is 11.8 Å². The molecule has 27 heavy (non-hydrogen) atoms. The molecule has 2 fully saturated rings. The Morgan fingerprint density at radius 1 is 1.33 bits per heavy atom. The van der Waals surface area contributed by atoms with Gasteiger partial charge >= 0.3 is 6.03 Å². The van der Waals surface area contributed by atoms with Crippen LogP contribution in [0.5, 0.6) is 0 Å². The van der Waals surface area contributed by atoms with Crippen molar-refractivity contribution >= 4 is 29.6 Å². The largest absolute Gasteiger partial charge is 0.416 e. The highest BCUT2D eigenvalue weighted by Gasteiger charge is 2.49. The van der Waals surface area contributed by atoms with Gasteiger partial charge in [-0.2, -0.15) is 5.01 Å². The number of thioether (sulfide) groups is 1. The summed E-state index contributed by atoms with van der Waals surface area (Å²) in [4.78, 5) is 37.1. The maximum absolute atomic E-state index is 12.7. The van der Waals surface area contributed by atoms with Crippen molar-refractivity contribution in [1.82, 2.24) is 25.9 Å². The number of urea groups is 1. The molecule has 2 aliphatic rings. The van der Waals surface area contributed by atoms with Crippen LogP contribution in [-0.2, 0) is 15.1 Å². The second kappa shape index (κ2) is 6.69. The van der Waals surface area contributed by atoms with E-state index in [1.807, 2.05) is 6.07 Å². The maximum Gasteiger partial charge on any atom is 0.344 e. The molecule has 0 unspecified atom stereocenters. The Labute approximate surface area is 158 Å². The molecule has 1 saturated carbocycles. The Balaban J connectivity index is 1.37. The highest BCUT2D eigenvalue weighted by molar-refractivity contribution is 7.99. The third kappa shape index (κ3) is 3.39. The normalized spacial score (nSPS) is 22.0. The quantitative estimate of drug-likeness (QED) is 0.570. The molecule has 4 amide bonds. The number of nitrogens with zero attached hydrogens (tertiary/aromatic N) is 3. The highest BCUT2D eigenvalue weighted by atomic mass is 32.2. The average Bonchev–Trinajstić information content (AvgIpc) is 3.37. The molecular weight excluding hydrogens is 370 g/mol. The van der Waals surface area contributed by atoms with Crippen molar-refractivity contribution < 1.29 is 18.8 Å². The van der Waals surface area contributed by atoms with E-state index in [-0.39, 0.29) is 5.75 Å². The molecule has 10 heteroatoms. The number of hydrazine groups is 1. The fraction of sp³-hybridized carbons (Fsp3) is 0.353. The zero-order valence-electron chi connectivity index (χ0n) is 14.5. The number of carbonyl (C=O) groups excluding carboxylic acids is 3. The summed E-state index contributed by atoms with van der Waals surface area (Å²) < 4.78 is 5.46. The first-order valence-electron chi connectivity index (χ1n) is 8.45. The molecule has 9 nitrogen and oxygen atoms in total. The first-order valence-corrected chi connectivity index (χ1v) is 9.44. The van der Waals surface area contributed by atoms with Crippen LogP contribution in [0.25, 0.3) is 0 Å². The van der Waals surface area contributed by atoms with Crippen molar-refractivity contribution in [2.24, 2.45) is 0 Å². The summed E-state index contributed by atoms with van der Waals surface area (Å²) in [6.45, 7) is 1.60. The van der Waals surface area contributed by atoms with Gasteiger partial charge in [-0.25, -0.2) is 4.79 Å². The van der Waals surface area contributed by atoms with Gasteiger partial charge in [0.2, 0.25) is 11.8 Å². The van der Waals surface area contributed by atoms with E-state index in [1.54, 1.807) is 31.2 Å². The van der Waals surface area contributed by atoms with Crippen LogP contribution < -0.4 is 10.7 Å². The van der Waals surface area contributed by atoms with Crippen molar-refractivity contribution in [1.29, 1.82) is 0 Å². The van der Waals surface area contributed by atoms with E-state index in [2.05, 4.69) is 20.9 Å². The molecule has 1 aromatic carbocycles. The van der Waals surface area contributed by atoms with Gasteiger partial charge in [0.15, 0.2) is 0 Å². The number of hydrogen-bond acceptors (Lipinski definition) is 7. The molecule has 4 rings (SSSR count). The third-order valence-electron chi connectivity index (χ3n) is 4.45. The molecule has 1 saturated heterocycles. The van der Waals surface area contributed by atoms with Gasteiger partial charge in [0.1, 0.15) is 5.54 Å². The van der Waals surface area contributed by atoms with Crippen LogP contribution in [0.3, 0.4) is 0 Å². The van der Waals surface area contributed by atoms with Crippen molar-refractivity contribution in [2.45, 2.75) is 36.4 Å². The Kier molecular flexibility index (Phi) is 4.34. The smallest absolute Gasteiger partial charge is 0.344 e. The Morgan fingerprint density at radius 2 is 2.07 bits per heavy atom. The van der Waals surface area contributed by atoms with E-state index in [9.17, 15) is 14.4 Å². The monoisotopic (exact) mass is 387 g/mol. The van der Waals surface area contributed by atoms with E-state index in [0.29, 0.717) is 27.6 Å². The SMILES string of the molecule is C[C@@]1(c2ccccc2)NC(=O)N(NC(=O)CSc2nnc(C3CC3)o2)C1=O. The number of amides is 4. The lowest BCUT2D eigenvalue weighted by atomic mass is 9.92. The van der Waals surface area contributed by atoms with Crippen LogP contribution in [0, 0.1) is 0 Å². The molecule has 0 radical (unpaired) electrons. The van der Waals surface area contributed by atoms with Crippen LogP contribution in [0.1, 0.15) is 37.1 Å². The maximum atomic E-state index is 12.7. The standard InChI is InChI=1S/C17H17N5O4S/c1-17(11-5-3-2-4-6-11)14(24)22(15(25)18-17)21-12(23)9-27-16-20-19-13(26-16)10-7-8-10/h2-6,10H,7-9H2,1H3,(H,18,25)(H,21,23)/t17-/m0/s1. The summed E-state index contributed by atoms with van der Waals surface area (Å²) in [5.74, 6) is -0.212. The highest BCUT2D eigenvalue weighted by Crippen LogP contribution is 2.39. The van der Waals surface area contributed by atoms with E-state index in [4.69, 9.17) is 4.42 Å². The van der Waals surface area contributed by atoms with Crippen molar-refractivity contribution in [3.63, 3.8) is 0 Å². The molecule has 0 bridgehead atoms. The lowest BCUT2D eigenvalue weighted by Crippen LogP contribution is -2.48. The molecule has 1 aliphatic carbocycles. The zero-order valence-corrected chi connectivity index (χ0v) is 15.3. The minimum Gasteiger partial charge on any atom is -0.416 e. The fourth-order valence-electron chi connectivity index (χ4n) is 2.77. The van der Waals surface area contributed by atoms with Crippen molar-refractivity contribution in [3.05, 3.63) is 41.8 Å². The number of nitrogens with one attached hydrogen (secondary N) is 2. The van der Waals surface area contributed by atoms with Crippen LogP contribution in [0.2, 0.25) is 0 Å².